The van der Waals surface area contributed by atoms with Gasteiger partial charge in [0, 0.05) is 23.1 Å². The van der Waals surface area contributed by atoms with Crippen molar-refractivity contribution in [1.82, 2.24) is 4.90 Å². The van der Waals surface area contributed by atoms with Crippen LogP contribution in [0.2, 0.25) is 0 Å². The van der Waals surface area contributed by atoms with Gasteiger partial charge in [0.05, 0.1) is 6.42 Å². The van der Waals surface area contributed by atoms with Gasteiger partial charge in [-0.3, -0.25) is 9.69 Å². The molecule has 0 saturated heterocycles. The van der Waals surface area contributed by atoms with Crippen LogP contribution in [0.5, 0.6) is 0 Å². The van der Waals surface area contributed by atoms with Gasteiger partial charge in [0.25, 0.3) is 0 Å². The van der Waals surface area contributed by atoms with Gasteiger partial charge in [0.2, 0.25) is 0 Å². The van der Waals surface area contributed by atoms with Crippen molar-refractivity contribution in [3.05, 3.63) is 106 Å². The molecule has 3 aromatic carbocycles. The molecule has 3 rings (SSSR count). The zero-order valence-corrected chi connectivity index (χ0v) is 18.3. The molecule has 0 aliphatic carbocycles. The first kappa shape index (κ1) is 21.3. The predicted octanol–water partition coefficient (Wildman–Crippen LogP) is 6.54. The summed E-state index contributed by atoms with van der Waals surface area (Å²) in [6.07, 6.45) is 0.0412. The fraction of sp³-hybridized carbons (Fsp3) is 0.240. The molecule has 0 spiro atoms. The van der Waals surface area contributed by atoms with Crippen molar-refractivity contribution < 1.29 is 9.90 Å². The van der Waals surface area contributed by atoms with Gasteiger partial charge in [-0.15, -0.1) is 0 Å². The van der Waals surface area contributed by atoms with Gasteiger partial charge < -0.3 is 5.11 Å². The number of nitrogens with zero attached hydrogens (tertiary/aromatic N) is 1. The Morgan fingerprint density at radius 1 is 0.966 bits per heavy atom. The summed E-state index contributed by atoms with van der Waals surface area (Å²) in [5.74, 6) is -0.801. The molecule has 0 fully saturated rings. The lowest BCUT2D eigenvalue weighted by Crippen LogP contribution is -2.32. The van der Waals surface area contributed by atoms with Crippen LogP contribution in [0.4, 0.5) is 0 Å². The van der Waals surface area contributed by atoms with E-state index in [2.05, 4.69) is 58.1 Å². The maximum atomic E-state index is 11.8. The van der Waals surface area contributed by atoms with Gasteiger partial charge in [-0.2, -0.15) is 0 Å². The fourth-order valence-corrected chi connectivity index (χ4v) is 4.04. The van der Waals surface area contributed by atoms with Crippen LogP contribution in [-0.2, 0) is 11.3 Å². The van der Waals surface area contributed by atoms with Crippen LogP contribution in [0.1, 0.15) is 47.7 Å². The van der Waals surface area contributed by atoms with Crippen LogP contribution in [0.15, 0.2) is 83.3 Å². The first-order valence-electron chi connectivity index (χ1n) is 9.78. The number of aliphatic carboxylic acids is 1. The minimum absolute atomic E-state index is 0.0412. The van der Waals surface area contributed by atoms with Gasteiger partial charge in [0.15, 0.2) is 0 Å². The number of hydrogen-bond donors (Lipinski definition) is 1. The van der Waals surface area contributed by atoms with Crippen LogP contribution >= 0.6 is 15.9 Å². The Labute approximate surface area is 181 Å². The first-order chi connectivity index (χ1) is 14.0. The third kappa shape index (κ3) is 5.55. The molecular weight excluding hydrogens is 426 g/mol. The molecule has 1 N–H and O–H groups in total. The van der Waals surface area contributed by atoms with E-state index >= 15 is 0 Å². The quantitative estimate of drug-likeness (QED) is 0.422. The lowest BCUT2D eigenvalue weighted by molar-refractivity contribution is -0.138. The number of halogens is 1. The maximum Gasteiger partial charge on any atom is 0.305 e. The topological polar surface area (TPSA) is 40.5 Å². The van der Waals surface area contributed by atoms with Crippen molar-refractivity contribution in [3.63, 3.8) is 0 Å². The average molecular weight is 452 g/mol. The summed E-state index contributed by atoms with van der Waals surface area (Å²) in [7, 11) is 0. The summed E-state index contributed by atoms with van der Waals surface area (Å²) in [4.78, 5) is 14.1. The van der Waals surface area contributed by atoms with Gasteiger partial charge in [-0.1, -0.05) is 88.7 Å². The maximum absolute atomic E-state index is 11.8. The number of hydrogen-bond acceptors (Lipinski definition) is 2. The highest BCUT2D eigenvalue weighted by molar-refractivity contribution is 9.10. The van der Waals surface area contributed by atoms with Crippen molar-refractivity contribution in [2.75, 3.05) is 0 Å². The molecule has 0 unspecified atom stereocenters. The summed E-state index contributed by atoms with van der Waals surface area (Å²) in [6.45, 7) is 4.85. The molecule has 0 heterocycles. The van der Waals surface area contributed by atoms with E-state index in [0.717, 1.165) is 21.2 Å². The van der Waals surface area contributed by atoms with Gasteiger partial charge in [-0.25, -0.2) is 0 Å². The van der Waals surface area contributed by atoms with Gasteiger partial charge in [-0.05, 0) is 42.2 Å². The molecular formula is C25H26BrNO2. The third-order valence-electron chi connectivity index (χ3n) is 5.34. The summed E-state index contributed by atoms with van der Waals surface area (Å²) in [6, 6.07) is 26.4. The minimum Gasteiger partial charge on any atom is -0.481 e. The van der Waals surface area contributed by atoms with Crippen LogP contribution in [0.3, 0.4) is 0 Å². The number of carbonyl (C=O) groups is 1. The van der Waals surface area contributed by atoms with Crippen molar-refractivity contribution in [2.45, 2.75) is 38.9 Å². The zero-order valence-electron chi connectivity index (χ0n) is 16.8. The second-order valence-corrected chi connectivity index (χ2v) is 8.22. The normalized spacial score (nSPS) is 13.2. The van der Waals surface area contributed by atoms with Gasteiger partial charge >= 0.3 is 5.97 Å². The molecule has 0 aliphatic rings. The van der Waals surface area contributed by atoms with Crippen LogP contribution in [-0.4, -0.2) is 16.0 Å². The number of rotatable bonds is 8. The van der Waals surface area contributed by atoms with Crippen LogP contribution < -0.4 is 0 Å². The van der Waals surface area contributed by atoms with Gasteiger partial charge in [0.1, 0.15) is 0 Å². The van der Waals surface area contributed by atoms with E-state index < -0.39 is 5.97 Å². The zero-order chi connectivity index (χ0) is 20.8. The molecule has 3 aromatic rings. The Balaban J connectivity index is 2.05. The van der Waals surface area contributed by atoms with Crippen molar-refractivity contribution in [3.8, 4) is 0 Å². The summed E-state index contributed by atoms with van der Waals surface area (Å²) in [5.41, 5.74) is 4.47. The number of aryl methyl sites for hydroxylation is 1. The molecule has 0 aliphatic heterocycles. The average Bonchev–Trinajstić information content (AvgIpc) is 2.73. The first-order valence-corrected chi connectivity index (χ1v) is 10.6. The molecule has 0 aromatic heterocycles. The lowest BCUT2D eigenvalue weighted by atomic mass is 9.96. The van der Waals surface area contributed by atoms with E-state index in [-0.39, 0.29) is 18.5 Å². The summed E-state index contributed by atoms with van der Waals surface area (Å²) in [5, 5.41) is 9.70. The standard InChI is InChI=1S/C25H26BrNO2/c1-18-13-14-22(15-23(18)26)24(16-25(28)29)27(17-20-9-5-3-6-10-20)19(2)21-11-7-4-8-12-21/h3-15,19,24H,16-17H2,1-2H3,(H,28,29)/t19-,24+/m1/s1. The number of benzene rings is 3. The third-order valence-corrected chi connectivity index (χ3v) is 6.19. The van der Waals surface area contributed by atoms with E-state index in [1.165, 1.54) is 5.56 Å². The van der Waals surface area contributed by atoms with Crippen molar-refractivity contribution in [1.29, 1.82) is 0 Å². The Kier molecular flexibility index (Phi) is 7.24. The smallest absolute Gasteiger partial charge is 0.305 e. The summed E-state index contributed by atoms with van der Waals surface area (Å²) < 4.78 is 0.998. The van der Waals surface area contributed by atoms with E-state index in [1.54, 1.807) is 0 Å². The molecule has 0 bridgehead atoms. The second kappa shape index (κ2) is 9.86. The molecule has 2 atom stereocenters. The largest absolute Gasteiger partial charge is 0.481 e. The van der Waals surface area contributed by atoms with E-state index in [9.17, 15) is 9.90 Å². The molecule has 4 heteroatoms. The molecule has 3 nitrogen and oxygen atoms in total. The highest BCUT2D eigenvalue weighted by Gasteiger charge is 2.28. The Morgan fingerprint density at radius 3 is 2.17 bits per heavy atom. The molecule has 150 valence electrons. The fourth-order valence-electron chi connectivity index (χ4n) is 3.64. The number of carboxylic acids is 1. The summed E-state index contributed by atoms with van der Waals surface area (Å²) >= 11 is 3.61. The highest BCUT2D eigenvalue weighted by atomic mass is 79.9. The monoisotopic (exact) mass is 451 g/mol. The SMILES string of the molecule is Cc1ccc([C@H](CC(=O)O)N(Cc2ccccc2)[C@H](C)c2ccccc2)cc1Br. The Hall–Kier alpha value is -2.43. The molecule has 0 radical (unpaired) electrons. The predicted molar refractivity (Wildman–Crippen MR) is 121 cm³/mol. The Bertz CT molecular complexity index is 944. The second-order valence-electron chi connectivity index (χ2n) is 7.37. The highest BCUT2D eigenvalue weighted by Crippen LogP contribution is 2.36. The van der Waals surface area contributed by atoms with E-state index in [1.807, 2.05) is 55.5 Å². The van der Waals surface area contributed by atoms with Crippen molar-refractivity contribution in [2.24, 2.45) is 0 Å². The number of carboxylic acid groups (broad SMARTS) is 1. The van der Waals surface area contributed by atoms with E-state index in [4.69, 9.17) is 0 Å². The molecule has 29 heavy (non-hydrogen) atoms. The molecule has 0 saturated carbocycles. The Morgan fingerprint density at radius 2 is 1.59 bits per heavy atom. The lowest BCUT2D eigenvalue weighted by Gasteiger charge is -2.37. The van der Waals surface area contributed by atoms with Crippen molar-refractivity contribution >= 4 is 21.9 Å². The van der Waals surface area contributed by atoms with Crippen LogP contribution in [0.25, 0.3) is 0 Å². The van der Waals surface area contributed by atoms with E-state index in [0.29, 0.717) is 6.54 Å². The molecule has 0 amide bonds. The van der Waals surface area contributed by atoms with Crippen LogP contribution in [0, 0.1) is 6.92 Å². The minimum atomic E-state index is -0.801.